The molecule has 0 fully saturated rings. The van der Waals surface area contributed by atoms with Gasteiger partial charge in [-0.15, -0.1) is 11.3 Å². The molecule has 5 rings (SSSR count). The van der Waals surface area contributed by atoms with E-state index in [1.807, 2.05) is 24.3 Å². The summed E-state index contributed by atoms with van der Waals surface area (Å²) in [5, 5.41) is 4.70. The van der Waals surface area contributed by atoms with E-state index in [2.05, 4.69) is 53.6 Å². The van der Waals surface area contributed by atoms with Crippen molar-refractivity contribution in [1.29, 1.82) is 0 Å². The third kappa shape index (κ3) is 5.39. The molecule has 0 saturated heterocycles. The Hall–Kier alpha value is -3.78. The number of fused-ring (bicyclic) bond motifs is 3. The van der Waals surface area contributed by atoms with Crippen LogP contribution in [-0.2, 0) is 30.8 Å². The van der Waals surface area contributed by atoms with E-state index in [0.717, 1.165) is 46.5 Å². The second kappa shape index (κ2) is 10.5. The number of rotatable bonds is 7. The number of nitrogens with one attached hydrogen (secondary N) is 1. The smallest absolute Gasteiger partial charge is 0.262 e. The lowest BCUT2D eigenvalue weighted by Gasteiger charge is -2.17. The summed E-state index contributed by atoms with van der Waals surface area (Å²) in [6.07, 6.45) is 5.97. The van der Waals surface area contributed by atoms with Crippen molar-refractivity contribution in [2.24, 2.45) is 11.0 Å². The van der Waals surface area contributed by atoms with Crippen molar-refractivity contribution < 1.29 is 9.53 Å². The highest BCUT2D eigenvalue weighted by molar-refractivity contribution is 7.18. The van der Waals surface area contributed by atoms with Crippen molar-refractivity contribution in [1.82, 2.24) is 15.0 Å². The van der Waals surface area contributed by atoms with E-state index in [4.69, 9.17) is 4.74 Å². The van der Waals surface area contributed by atoms with Crippen LogP contribution in [0.5, 0.6) is 5.75 Å². The molecule has 36 heavy (non-hydrogen) atoms. The lowest BCUT2D eigenvalue weighted by Crippen LogP contribution is -2.30. The molecule has 1 aliphatic carbocycles. The second-order valence-corrected chi connectivity index (χ2v) is 10.4. The second-order valence-electron chi connectivity index (χ2n) is 9.35. The highest BCUT2D eigenvalue weighted by atomic mass is 32.1. The average molecular weight is 501 g/mol. The number of hydrogen-bond acceptors (Lipinski definition) is 6. The number of benzene rings is 2. The maximum Gasteiger partial charge on any atom is 0.262 e. The molecule has 1 amide bonds. The Labute approximate surface area is 213 Å². The summed E-state index contributed by atoms with van der Waals surface area (Å²) in [5.74, 6) is 0.994. The summed E-state index contributed by atoms with van der Waals surface area (Å²) in [6.45, 7) is 4.65. The molecule has 2 heterocycles. The number of aryl methyl sites for hydroxylation is 2. The highest BCUT2D eigenvalue weighted by Crippen LogP contribution is 2.35. The number of nitrogens with zero attached hydrogens (tertiary/aromatic N) is 3. The molecule has 1 aliphatic rings. The summed E-state index contributed by atoms with van der Waals surface area (Å²) >= 11 is 1.60. The van der Waals surface area contributed by atoms with Gasteiger partial charge in [0.2, 0.25) is 0 Å². The first-order chi connectivity index (χ1) is 17.5. The Morgan fingerprint density at radius 2 is 2.00 bits per heavy atom. The van der Waals surface area contributed by atoms with Gasteiger partial charge in [0.25, 0.3) is 11.5 Å². The highest BCUT2D eigenvalue weighted by Gasteiger charge is 2.23. The average Bonchev–Trinajstić information content (AvgIpc) is 3.24. The minimum atomic E-state index is -0.384. The van der Waals surface area contributed by atoms with E-state index in [9.17, 15) is 9.59 Å². The first kappa shape index (κ1) is 23.9. The molecule has 0 aliphatic heterocycles. The van der Waals surface area contributed by atoms with Gasteiger partial charge in [-0.25, -0.2) is 10.4 Å². The molecular formula is C28H28N4O3S. The largest absolute Gasteiger partial charge is 0.489 e. The van der Waals surface area contributed by atoms with Crippen molar-refractivity contribution in [3.8, 4) is 5.75 Å². The maximum atomic E-state index is 13.1. The molecule has 1 N–H and O–H groups in total. The first-order valence-corrected chi connectivity index (χ1v) is 12.9. The predicted octanol–water partition coefficient (Wildman–Crippen LogP) is 4.62. The van der Waals surface area contributed by atoms with Gasteiger partial charge in [0, 0.05) is 4.88 Å². The topological polar surface area (TPSA) is 85.6 Å². The number of carbonyl (C=O) groups excluding carboxylic acids is 1. The van der Waals surface area contributed by atoms with Crippen LogP contribution >= 0.6 is 11.3 Å². The minimum Gasteiger partial charge on any atom is -0.489 e. The van der Waals surface area contributed by atoms with E-state index in [1.54, 1.807) is 17.6 Å². The zero-order valence-corrected chi connectivity index (χ0v) is 21.2. The van der Waals surface area contributed by atoms with Gasteiger partial charge >= 0.3 is 0 Å². The number of aromatic nitrogens is 2. The van der Waals surface area contributed by atoms with Crippen molar-refractivity contribution in [2.45, 2.75) is 46.3 Å². The fraction of sp³-hybridized carbons (Fsp3) is 0.286. The summed E-state index contributed by atoms with van der Waals surface area (Å²) in [6, 6.07) is 15.7. The first-order valence-electron chi connectivity index (χ1n) is 12.1. The molecule has 0 unspecified atom stereocenters. The van der Waals surface area contributed by atoms with Crippen LogP contribution < -0.4 is 15.7 Å². The Morgan fingerprint density at radius 3 is 2.78 bits per heavy atom. The lowest BCUT2D eigenvalue weighted by molar-refractivity contribution is -0.121. The Kier molecular flexibility index (Phi) is 6.95. The minimum absolute atomic E-state index is 0.133. The van der Waals surface area contributed by atoms with Gasteiger partial charge in [-0.05, 0) is 73.1 Å². The van der Waals surface area contributed by atoms with Crippen molar-refractivity contribution in [3.63, 3.8) is 0 Å². The van der Waals surface area contributed by atoms with Crippen LogP contribution in [0.25, 0.3) is 10.2 Å². The molecule has 2 aromatic carbocycles. The fourth-order valence-electron chi connectivity index (χ4n) is 4.35. The molecule has 0 bridgehead atoms. The standard InChI is InChI=1S/C28H28N4O3S/c1-18-3-6-21(7-4-18)16-35-22-10-8-20(9-11-22)14-30-31-25(33)15-32-17-29-27-26(28(32)34)23-12-5-19(2)13-24(23)36-27/h3-4,6-11,14,17,19H,5,12-13,15-16H2,1-2H3,(H,31,33)/b30-14-/t19-/m1/s1. The van der Waals surface area contributed by atoms with Crippen LogP contribution in [0.15, 0.2) is 64.8 Å². The Bertz CT molecular complexity index is 1470. The number of carbonyl (C=O) groups is 1. The molecule has 0 saturated carbocycles. The van der Waals surface area contributed by atoms with Gasteiger partial charge in [-0.1, -0.05) is 36.8 Å². The van der Waals surface area contributed by atoms with E-state index in [1.165, 1.54) is 21.3 Å². The van der Waals surface area contributed by atoms with Crippen LogP contribution in [0.4, 0.5) is 0 Å². The Balaban J connectivity index is 1.17. The van der Waals surface area contributed by atoms with Crippen LogP contribution in [0.2, 0.25) is 0 Å². The SMILES string of the molecule is Cc1ccc(COc2ccc(/C=N\NC(=O)Cn3cnc4sc5c(c4c3=O)CC[C@@H](C)C5)cc2)cc1. The number of ether oxygens (including phenoxy) is 1. The fourth-order valence-corrected chi connectivity index (χ4v) is 5.69. The molecule has 0 radical (unpaired) electrons. The maximum absolute atomic E-state index is 13.1. The van der Waals surface area contributed by atoms with Crippen molar-refractivity contribution in [3.05, 3.63) is 92.3 Å². The molecule has 1 atom stereocenters. The van der Waals surface area contributed by atoms with Gasteiger partial charge in [-0.2, -0.15) is 5.10 Å². The summed E-state index contributed by atoms with van der Waals surface area (Å²) in [5.41, 5.74) is 6.59. The van der Waals surface area contributed by atoms with Gasteiger partial charge in [0.1, 0.15) is 23.7 Å². The summed E-state index contributed by atoms with van der Waals surface area (Å²) in [4.78, 5) is 32.0. The molecule has 4 aromatic rings. The number of amides is 1. The molecule has 184 valence electrons. The number of thiophene rings is 1. The van der Waals surface area contributed by atoms with Crippen molar-refractivity contribution in [2.75, 3.05) is 0 Å². The summed E-state index contributed by atoms with van der Waals surface area (Å²) in [7, 11) is 0. The quantitative estimate of drug-likeness (QED) is 0.296. The van der Waals surface area contributed by atoms with E-state index >= 15 is 0 Å². The van der Waals surface area contributed by atoms with E-state index in [-0.39, 0.29) is 18.0 Å². The normalized spacial score (nSPS) is 15.2. The van der Waals surface area contributed by atoms with E-state index in [0.29, 0.717) is 17.9 Å². The van der Waals surface area contributed by atoms with Crippen LogP contribution in [0.3, 0.4) is 0 Å². The van der Waals surface area contributed by atoms with Crippen LogP contribution in [0, 0.1) is 12.8 Å². The molecule has 2 aromatic heterocycles. The molecule has 8 heteroatoms. The molecule has 0 spiro atoms. The number of hydrazone groups is 1. The van der Waals surface area contributed by atoms with Gasteiger partial charge in [0.05, 0.1) is 17.9 Å². The zero-order valence-electron chi connectivity index (χ0n) is 20.4. The number of hydrogen-bond donors (Lipinski definition) is 1. The van der Waals surface area contributed by atoms with Gasteiger partial charge < -0.3 is 4.74 Å². The van der Waals surface area contributed by atoms with E-state index < -0.39 is 0 Å². The van der Waals surface area contributed by atoms with Crippen LogP contribution in [0.1, 0.15) is 40.5 Å². The van der Waals surface area contributed by atoms with Crippen molar-refractivity contribution >= 4 is 33.7 Å². The molecule has 7 nitrogen and oxygen atoms in total. The Morgan fingerprint density at radius 1 is 1.22 bits per heavy atom. The third-order valence-electron chi connectivity index (χ3n) is 6.41. The summed E-state index contributed by atoms with van der Waals surface area (Å²) < 4.78 is 7.18. The van der Waals surface area contributed by atoms with Gasteiger partial charge in [-0.3, -0.25) is 14.2 Å². The van der Waals surface area contributed by atoms with Crippen LogP contribution in [-0.4, -0.2) is 21.7 Å². The predicted molar refractivity (Wildman–Crippen MR) is 143 cm³/mol. The monoisotopic (exact) mass is 500 g/mol. The zero-order chi connectivity index (χ0) is 25.1. The lowest BCUT2D eigenvalue weighted by atomic mass is 9.89. The third-order valence-corrected chi connectivity index (χ3v) is 7.57. The molecular weight excluding hydrogens is 472 g/mol. The van der Waals surface area contributed by atoms with Gasteiger partial charge in [0.15, 0.2) is 0 Å².